The summed E-state index contributed by atoms with van der Waals surface area (Å²) in [4.78, 5) is 13.8. The molecule has 0 spiro atoms. The average Bonchev–Trinajstić information content (AvgIpc) is 2.63. The van der Waals surface area contributed by atoms with Gasteiger partial charge in [-0.3, -0.25) is 0 Å². The van der Waals surface area contributed by atoms with E-state index in [-0.39, 0.29) is 10.9 Å². The first-order valence-corrected chi connectivity index (χ1v) is 7.32. The number of nitrogens with zero attached hydrogens (tertiary/aromatic N) is 1. The van der Waals surface area contributed by atoms with E-state index < -0.39 is 0 Å². The Morgan fingerprint density at radius 1 is 1.39 bits per heavy atom. The van der Waals surface area contributed by atoms with Crippen molar-refractivity contribution < 1.29 is 4.79 Å². The molecular formula is C12H14Cl2N2OS. The van der Waals surface area contributed by atoms with Gasteiger partial charge in [0.05, 0.1) is 14.9 Å². The van der Waals surface area contributed by atoms with Crippen molar-refractivity contribution in [3.8, 4) is 0 Å². The van der Waals surface area contributed by atoms with Gasteiger partial charge >= 0.3 is 6.03 Å². The Bertz CT molecular complexity index is 479. The highest BCUT2D eigenvalue weighted by molar-refractivity contribution is 8.00. The summed E-state index contributed by atoms with van der Waals surface area (Å²) in [7, 11) is 0. The maximum absolute atomic E-state index is 12.2. The minimum Gasteiger partial charge on any atom is -0.310 e. The van der Waals surface area contributed by atoms with Crippen molar-refractivity contribution in [2.24, 2.45) is 0 Å². The number of halogens is 2. The molecule has 98 valence electrons. The first kappa shape index (κ1) is 13.8. The third kappa shape index (κ3) is 2.87. The number of amides is 2. The Balaban J connectivity index is 2.09. The molecule has 1 aliphatic rings. The molecule has 1 aliphatic heterocycles. The molecule has 1 aromatic carbocycles. The van der Waals surface area contributed by atoms with Crippen LogP contribution in [0.1, 0.15) is 13.8 Å². The highest BCUT2D eigenvalue weighted by atomic mass is 35.5. The first-order valence-electron chi connectivity index (χ1n) is 5.58. The minimum absolute atomic E-state index is 0.108. The molecule has 0 atom stereocenters. The number of carbonyl (C=O) groups is 1. The van der Waals surface area contributed by atoms with Gasteiger partial charge in [-0.25, -0.2) is 4.79 Å². The van der Waals surface area contributed by atoms with E-state index in [0.717, 1.165) is 12.3 Å². The van der Waals surface area contributed by atoms with Crippen LogP contribution in [-0.4, -0.2) is 28.1 Å². The lowest BCUT2D eigenvalue weighted by atomic mass is 10.3. The smallest absolute Gasteiger partial charge is 0.310 e. The van der Waals surface area contributed by atoms with Crippen molar-refractivity contribution in [1.82, 2.24) is 4.90 Å². The van der Waals surface area contributed by atoms with Crippen LogP contribution in [0.25, 0.3) is 0 Å². The molecule has 0 radical (unpaired) electrons. The lowest BCUT2D eigenvalue weighted by Crippen LogP contribution is -2.43. The van der Waals surface area contributed by atoms with Crippen LogP contribution in [0, 0.1) is 0 Å². The lowest BCUT2D eigenvalue weighted by molar-refractivity contribution is 0.198. The zero-order chi connectivity index (χ0) is 13.3. The molecular weight excluding hydrogens is 291 g/mol. The quantitative estimate of drug-likeness (QED) is 0.838. The van der Waals surface area contributed by atoms with E-state index in [1.807, 2.05) is 18.7 Å². The molecule has 2 rings (SSSR count). The molecule has 0 aliphatic carbocycles. The van der Waals surface area contributed by atoms with Crippen molar-refractivity contribution >= 4 is 46.7 Å². The van der Waals surface area contributed by atoms with Gasteiger partial charge < -0.3 is 10.2 Å². The Kier molecular flexibility index (Phi) is 3.99. The van der Waals surface area contributed by atoms with Gasteiger partial charge in [-0.15, -0.1) is 11.8 Å². The molecule has 0 bridgehead atoms. The maximum Gasteiger partial charge on any atom is 0.322 e. The molecule has 1 saturated heterocycles. The molecule has 3 nitrogen and oxygen atoms in total. The number of carbonyl (C=O) groups excluding carboxylic acids is 1. The van der Waals surface area contributed by atoms with Gasteiger partial charge in [0.15, 0.2) is 0 Å². The summed E-state index contributed by atoms with van der Waals surface area (Å²) >= 11 is 13.5. The molecule has 0 unspecified atom stereocenters. The predicted octanol–water partition coefficient (Wildman–Crippen LogP) is 4.31. The monoisotopic (exact) mass is 304 g/mol. The molecule has 0 aromatic heterocycles. The van der Waals surface area contributed by atoms with Crippen molar-refractivity contribution in [2.75, 3.05) is 17.6 Å². The van der Waals surface area contributed by atoms with Crippen molar-refractivity contribution in [3.63, 3.8) is 0 Å². The fourth-order valence-corrected chi connectivity index (χ4v) is 3.25. The van der Waals surface area contributed by atoms with Gasteiger partial charge in [0.2, 0.25) is 0 Å². The van der Waals surface area contributed by atoms with Crippen molar-refractivity contribution in [2.45, 2.75) is 18.7 Å². The fourth-order valence-electron chi connectivity index (χ4n) is 1.84. The second kappa shape index (κ2) is 5.19. The Morgan fingerprint density at radius 2 is 2.11 bits per heavy atom. The summed E-state index contributed by atoms with van der Waals surface area (Å²) in [5.74, 6) is 0.960. The van der Waals surface area contributed by atoms with Crippen LogP contribution in [-0.2, 0) is 0 Å². The summed E-state index contributed by atoms with van der Waals surface area (Å²) in [6, 6.07) is 4.95. The minimum atomic E-state index is -0.166. The number of nitrogens with one attached hydrogen (secondary N) is 1. The summed E-state index contributed by atoms with van der Waals surface area (Å²) in [5, 5.41) is 3.75. The lowest BCUT2D eigenvalue weighted by Gasteiger charge is -2.30. The number of hydrogen-bond donors (Lipinski definition) is 1. The second-order valence-electron chi connectivity index (χ2n) is 4.51. The van der Waals surface area contributed by atoms with E-state index in [9.17, 15) is 4.79 Å². The van der Waals surface area contributed by atoms with Crippen LogP contribution in [0.3, 0.4) is 0 Å². The molecule has 6 heteroatoms. The number of thioether (sulfide) groups is 1. The van der Waals surface area contributed by atoms with Crippen LogP contribution in [0.2, 0.25) is 10.0 Å². The average molecular weight is 305 g/mol. The van der Waals surface area contributed by atoms with Crippen LogP contribution in [0.4, 0.5) is 10.5 Å². The number of hydrogen-bond acceptors (Lipinski definition) is 2. The van der Waals surface area contributed by atoms with Gasteiger partial charge in [-0.2, -0.15) is 0 Å². The Hall–Kier alpha value is -0.580. The zero-order valence-corrected chi connectivity index (χ0v) is 12.5. The highest BCUT2D eigenvalue weighted by Crippen LogP contribution is 2.35. The third-order valence-electron chi connectivity index (χ3n) is 2.84. The van der Waals surface area contributed by atoms with E-state index in [2.05, 4.69) is 5.32 Å². The normalized spacial score (nSPS) is 17.9. The Labute approximate surface area is 121 Å². The largest absolute Gasteiger partial charge is 0.322 e. The number of anilines is 1. The summed E-state index contributed by atoms with van der Waals surface area (Å²) in [6.45, 7) is 4.84. The van der Waals surface area contributed by atoms with Gasteiger partial charge in [-0.05, 0) is 32.0 Å². The number of urea groups is 1. The maximum atomic E-state index is 12.2. The first-order chi connectivity index (χ1) is 8.40. The van der Waals surface area contributed by atoms with E-state index in [1.165, 1.54) is 0 Å². The molecule has 1 fully saturated rings. The highest BCUT2D eigenvalue weighted by Gasteiger charge is 2.36. The fraction of sp³-hybridized carbons (Fsp3) is 0.417. The van der Waals surface area contributed by atoms with E-state index in [4.69, 9.17) is 23.2 Å². The molecule has 0 saturated carbocycles. The van der Waals surface area contributed by atoms with Gasteiger partial charge in [0.25, 0.3) is 0 Å². The van der Waals surface area contributed by atoms with E-state index in [1.54, 1.807) is 30.0 Å². The van der Waals surface area contributed by atoms with Crippen LogP contribution in [0.5, 0.6) is 0 Å². The standard InChI is InChI=1S/C12H14Cl2N2OS/c1-12(2)16(5-6-18-12)11(17)15-8-3-4-9(13)10(14)7-8/h3-4,7H,5-6H2,1-2H3,(H,15,17). The van der Waals surface area contributed by atoms with Crippen molar-refractivity contribution in [1.29, 1.82) is 0 Å². The number of benzene rings is 1. The molecule has 1 N–H and O–H groups in total. The molecule has 18 heavy (non-hydrogen) atoms. The Morgan fingerprint density at radius 3 is 2.67 bits per heavy atom. The third-order valence-corrected chi connectivity index (χ3v) is 4.89. The van der Waals surface area contributed by atoms with Gasteiger partial charge in [0, 0.05) is 18.0 Å². The predicted molar refractivity (Wildman–Crippen MR) is 78.7 cm³/mol. The summed E-state index contributed by atoms with van der Waals surface area (Å²) < 4.78 is 0. The van der Waals surface area contributed by atoms with Gasteiger partial charge in [0.1, 0.15) is 0 Å². The van der Waals surface area contributed by atoms with Crippen LogP contribution >= 0.6 is 35.0 Å². The molecule has 1 aromatic rings. The summed E-state index contributed by atoms with van der Waals surface area (Å²) in [5.41, 5.74) is 0.655. The molecule has 2 amide bonds. The topological polar surface area (TPSA) is 32.3 Å². The van der Waals surface area contributed by atoms with Crippen LogP contribution in [0.15, 0.2) is 18.2 Å². The zero-order valence-electron chi connectivity index (χ0n) is 10.2. The number of rotatable bonds is 1. The van der Waals surface area contributed by atoms with Crippen molar-refractivity contribution in [3.05, 3.63) is 28.2 Å². The van der Waals surface area contributed by atoms with Gasteiger partial charge in [-0.1, -0.05) is 23.2 Å². The summed E-state index contributed by atoms with van der Waals surface area (Å²) in [6.07, 6.45) is 0. The van der Waals surface area contributed by atoms with Crippen LogP contribution < -0.4 is 5.32 Å². The SMILES string of the molecule is CC1(C)SCCN1C(=O)Nc1ccc(Cl)c(Cl)c1. The molecule has 1 heterocycles. The van der Waals surface area contributed by atoms with E-state index in [0.29, 0.717) is 15.7 Å². The van der Waals surface area contributed by atoms with E-state index >= 15 is 0 Å². The second-order valence-corrected chi connectivity index (χ2v) is 7.02.